The maximum Gasteiger partial charge on any atom is 0.195 e. The quantitative estimate of drug-likeness (QED) is 0.825. The van der Waals surface area contributed by atoms with Crippen LogP contribution in [0.4, 0.5) is 0 Å². The fourth-order valence-electron chi connectivity index (χ4n) is 3.17. The maximum absolute atomic E-state index is 5.46. The van der Waals surface area contributed by atoms with Crippen molar-refractivity contribution in [3.8, 4) is 11.4 Å². The smallest absolute Gasteiger partial charge is 0.195 e. The molecule has 1 unspecified atom stereocenters. The minimum atomic E-state index is 0.283. The van der Waals surface area contributed by atoms with Gasteiger partial charge in [-0.05, 0) is 30.5 Å². The molecule has 1 aliphatic carbocycles. The van der Waals surface area contributed by atoms with Crippen molar-refractivity contribution in [1.82, 2.24) is 14.8 Å². The van der Waals surface area contributed by atoms with Crippen LogP contribution in [-0.4, -0.2) is 14.8 Å². The van der Waals surface area contributed by atoms with Crippen molar-refractivity contribution in [3.63, 3.8) is 0 Å². The van der Waals surface area contributed by atoms with Crippen molar-refractivity contribution in [2.75, 3.05) is 0 Å². The molecule has 19 heavy (non-hydrogen) atoms. The van der Waals surface area contributed by atoms with Crippen molar-refractivity contribution in [1.29, 1.82) is 0 Å². The molecule has 0 radical (unpaired) electrons. The normalized spacial score (nSPS) is 21.7. The summed E-state index contributed by atoms with van der Waals surface area (Å²) in [6.07, 6.45) is 3.69. The summed E-state index contributed by atoms with van der Waals surface area (Å²) in [6.45, 7) is 4.66. The van der Waals surface area contributed by atoms with Gasteiger partial charge in [-0.25, -0.2) is 0 Å². The molecule has 100 valence electrons. The summed E-state index contributed by atoms with van der Waals surface area (Å²) in [4.78, 5) is 0. The summed E-state index contributed by atoms with van der Waals surface area (Å²) in [5.74, 6) is 0.963. The molecule has 3 nitrogen and oxygen atoms in total. The molecule has 0 aliphatic heterocycles. The number of rotatable bonds is 2. The number of aromatic amines is 1. The van der Waals surface area contributed by atoms with E-state index in [-0.39, 0.29) is 5.41 Å². The summed E-state index contributed by atoms with van der Waals surface area (Å²) in [5, 5.41) is 7.41. The molecular formula is C15H19N3S. The number of H-pyrrole nitrogens is 1. The van der Waals surface area contributed by atoms with E-state index < -0.39 is 0 Å². The van der Waals surface area contributed by atoms with E-state index >= 15 is 0 Å². The molecule has 1 N–H and O–H groups in total. The van der Waals surface area contributed by atoms with E-state index in [4.69, 9.17) is 12.2 Å². The van der Waals surface area contributed by atoms with E-state index in [9.17, 15) is 0 Å². The van der Waals surface area contributed by atoms with Gasteiger partial charge in [0, 0.05) is 11.6 Å². The minimum absolute atomic E-state index is 0.283. The predicted octanol–water partition coefficient (Wildman–Crippen LogP) is 4.36. The SMILES string of the molecule is CC1(C)CCCC1n1c(-c2ccccc2)n[nH]c1=S. The van der Waals surface area contributed by atoms with E-state index in [2.05, 4.69) is 40.7 Å². The van der Waals surface area contributed by atoms with Gasteiger partial charge in [0.05, 0.1) is 0 Å². The highest BCUT2D eigenvalue weighted by Crippen LogP contribution is 2.47. The molecule has 3 rings (SSSR count). The van der Waals surface area contributed by atoms with Crippen molar-refractivity contribution in [3.05, 3.63) is 35.1 Å². The van der Waals surface area contributed by atoms with E-state index in [0.717, 1.165) is 16.2 Å². The highest BCUT2D eigenvalue weighted by molar-refractivity contribution is 7.71. The van der Waals surface area contributed by atoms with Crippen LogP contribution in [0.1, 0.15) is 39.2 Å². The van der Waals surface area contributed by atoms with Gasteiger partial charge in [-0.3, -0.25) is 9.67 Å². The topological polar surface area (TPSA) is 33.6 Å². The summed E-state index contributed by atoms with van der Waals surface area (Å²) < 4.78 is 2.95. The molecule has 2 aromatic rings. The molecule has 0 spiro atoms. The van der Waals surface area contributed by atoms with E-state index in [0.29, 0.717) is 6.04 Å². The zero-order valence-corrected chi connectivity index (χ0v) is 12.2. The molecule has 4 heteroatoms. The molecular weight excluding hydrogens is 254 g/mol. The van der Waals surface area contributed by atoms with Gasteiger partial charge in [0.1, 0.15) is 0 Å². The highest BCUT2D eigenvalue weighted by Gasteiger charge is 2.37. The maximum atomic E-state index is 5.46. The average molecular weight is 273 g/mol. The second-order valence-electron chi connectivity index (χ2n) is 5.99. The number of hydrogen-bond acceptors (Lipinski definition) is 2. The third-order valence-electron chi connectivity index (χ3n) is 4.25. The van der Waals surface area contributed by atoms with Crippen LogP contribution < -0.4 is 0 Å². The Balaban J connectivity index is 2.12. The number of nitrogens with zero attached hydrogens (tertiary/aromatic N) is 2. The Kier molecular flexibility index (Phi) is 3.05. The minimum Gasteiger partial charge on any atom is -0.297 e. The largest absolute Gasteiger partial charge is 0.297 e. The van der Waals surface area contributed by atoms with Gasteiger partial charge in [-0.1, -0.05) is 50.6 Å². The molecule has 1 heterocycles. The lowest BCUT2D eigenvalue weighted by molar-refractivity contribution is 0.260. The Morgan fingerprint density at radius 2 is 2.05 bits per heavy atom. The first kappa shape index (κ1) is 12.6. The third kappa shape index (κ3) is 2.14. The van der Waals surface area contributed by atoms with Crippen LogP contribution in [0.5, 0.6) is 0 Å². The first-order valence-corrected chi connectivity index (χ1v) is 7.23. The summed E-state index contributed by atoms with van der Waals surface area (Å²) >= 11 is 5.46. The van der Waals surface area contributed by atoms with Crippen molar-refractivity contribution >= 4 is 12.2 Å². The van der Waals surface area contributed by atoms with Gasteiger partial charge in [0.25, 0.3) is 0 Å². The van der Waals surface area contributed by atoms with E-state index in [1.807, 2.05) is 18.2 Å². The first-order chi connectivity index (χ1) is 9.09. The molecule has 1 aromatic carbocycles. The van der Waals surface area contributed by atoms with E-state index in [1.165, 1.54) is 19.3 Å². The van der Waals surface area contributed by atoms with Crippen LogP contribution in [0.15, 0.2) is 30.3 Å². The van der Waals surface area contributed by atoms with Crippen LogP contribution in [0.2, 0.25) is 0 Å². The molecule has 0 saturated heterocycles. The summed E-state index contributed by atoms with van der Waals surface area (Å²) in [5.41, 5.74) is 1.41. The fourth-order valence-corrected chi connectivity index (χ4v) is 3.43. The van der Waals surface area contributed by atoms with Crippen LogP contribution in [0.25, 0.3) is 11.4 Å². The molecule has 1 saturated carbocycles. The van der Waals surface area contributed by atoms with Gasteiger partial charge in [0.15, 0.2) is 10.6 Å². The lowest BCUT2D eigenvalue weighted by Crippen LogP contribution is -2.22. The van der Waals surface area contributed by atoms with Crippen molar-refractivity contribution < 1.29 is 0 Å². The van der Waals surface area contributed by atoms with Gasteiger partial charge in [-0.15, -0.1) is 0 Å². The number of benzene rings is 1. The second kappa shape index (κ2) is 4.60. The Morgan fingerprint density at radius 1 is 1.32 bits per heavy atom. The lowest BCUT2D eigenvalue weighted by atomic mass is 9.87. The molecule has 1 atom stereocenters. The lowest BCUT2D eigenvalue weighted by Gasteiger charge is -2.28. The number of aromatic nitrogens is 3. The Hall–Kier alpha value is -1.42. The van der Waals surface area contributed by atoms with Gasteiger partial charge < -0.3 is 0 Å². The Morgan fingerprint density at radius 3 is 2.68 bits per heavy atom. The summed E-state index contributed by atoms with van der Waals surface area (Å²) in [7, 11) is 0. The number of hydrogen-bond donors (Lipinski definition) is 1. The third-order valence-corrected chi connectivity index (χ3v) is 4.54. The Bertz CT molecular complexity index is 624. The van der Waals surface area contributed by atoms with Crippen LogP contribution in [0.3, 0.4) is 0 Å². The highest BCUT2D eigenvalue weighted by atomic mass is 32.1. The monoisotopic (exact) mass is 273 g/mol. The zero-order chi connectivity index (χ0) is 13.5. The Labute approximate surface area is 118 Å². The molecule has 1 fully saturated rings. The van der Waals surface area contributed by atoms with Gasteiger partial charge >= 0.3 is 0 Å². The van der Waals surface area contributed by atoms with Crippen molar-refractivity contribution in [2.24, 2.45) is 5.41 Å². The zero-order valence-electron chi connectivity index (χ0n) is 11.4. The van der Waals surface area contributed by atoms with Crippen LogP contribution >= 0.6 is 12.2 Å². The fraction of sp³-hybridized carbons (Fsp3) is 0.467. The first-order valence-electron chi connectivity index (χ1n) is 6.82. The molecule has 1 aliphatic rings. The molecule has 1 aromatic heterocycles. The average Bonchev–Trinajstić information content (AvgIpc) is 2.93. The summed E-state index contributed by atoms with van der Waals surface area (Å²) in [6, 6.07) is 10.7. The van der Waals surface area contributed by atoms with E-state index in [1.54, 1.807) is 0 Å². The van der Waals surface area contributed by atoms with Crippen LogP contribution in [0, 0.1) is 10.2 Å². The van der Waals surface area contributed by atoms with Gasteiger partial charge in [0.2, 0.25) is 0 Å². The van der Waals surface area contributed by atoms with Crippen LogP contribution in [-0.2, 0) is 0 Å². The molecule has 0 bridgehead atoms. The number of nitrogens with one attached hydrogen (secondary N) is 1. The predicted molar refractivity (Wildman–Crippen MR) is 79.5 cm³/mol. The second-order valence-corrected chi connectivity index (χ2v) is 6.37. The standard InChI is InChI=1S/C15H19N3S/c1-15(2)10-6-9-12(15)18-13(16-17-14(18)19)11-7-4-3-5-8-11/h3-5,7-8,12H,6,9-10H2,1-2H3,(H,17,19). The molecule has 0 amide bonds. The van der Waals surface area contributed by atoms with Crippen molar-refractivity contribution in [2.45, 2.75) is 39.2 Å². The van der Waals surface area contributed by atoms with Gasteiger partial charge in [-0.2, -0.15) is 5.10 Å².